The van der Waals surface area contributed by atoms with E-state index in [0.29, 0.717) is 43.1 Å². The summed E-state index contributed by atoms with van der Waals surface area (Å²) >= 11 is 13.4. The molecule has 0 bridgehead atoms. The summed E-state index contributed by atoms with van der Waals surface area (Å²) in [5.74, 6) is 0.971. The molecule has 0 saturated heterocycles. The number of hydrogen-bond donors (Lipinski definition) is 0. The third-order valence-corrected chi connectivity index (χ3v) is 7.10. The van der Waals surface area contributed by atoms with E-state index in [4.69, 9.17) is 21.3 Å². The van der Waals surface area contributed by atoms with Crippen LogP contribution in [0.1, 0.15) is 43.1 Å². The van der Waals surface area contributed by atoms with E-state index in [9.17, 15) is 14.9 Å². The second kappa shape index (κ2) is 11.5. The van der Waals surface area contributed by atoms with Gasteiger partial charge in [0.2, 0.25) is 0 Å². The van der Waals surface area contributed by atoms with E-state index in [0.717, 1.165) is 10.9 Å². The zero-order valence-electron chi connectivity index (χ0n) is 19.8. The number of nitrogens with zero attached hydrogens (tertiary/aromatic N) is 4. The Hall–Kier alpha value is -3.08. The summed E-state index contributed by atoms with van der Waals surface area (Å²) < 4.78 is 8.52. The third-order valence-electron chi connectivity index (χ3n) is 5.73. The minimum atomic E-state index is -0.456. The molecule has 0 unspecified atom stereocenters. The fourth-order valence-corrected chi connectivity index (χ4v) is 4.96. The molecule has 0 saturated carbocycles. The quantitative estimate of drug-likeness (QED) is 0.112. The summed E-state index contributed by atoms with van der Waals surface area (Å²) in [4.78, 5) is 28.6. The van der Waals surface area contributed by atoms with Gasteiger partial charge in [-0.1, -0.05) is 53.5 Å². The van der Waals surface area contributed by atoms with Crippen molar-refractivity contribution in [1.29, 1.82) is 0 Å². The fourth-order valence-electron chi connectivity index (χ4n) is 3.61. The van der Waals surface area contributed by atoms with Crippen molar-refractivity contribution in [2.45, 2.75) is 32.8 Å². The highest BCUT2D eigenvalue weighted by atomic mass is 79.9. The van der Waals surface area contributed by atoms with E-state index < -0.39 is 4.92 Å². The van der Waals surface area contributed by atoms with Gasteiger partial charge in [0.1, 0.15) is 12.4 Å². The Bertz CT molecular complexity index is 1570. The molecule has 0 radical (unpaired) electrons. The van der Waals surface area contributed by atoms with Crippen LogP contribution in [-0.4, -0.2) is 20.8 Å². The fraction of sp³-hybridized carbons (Fsp3) is 0.192. The number of non-ortho nitro benzene ring substituents is 1. The number of fused-ring (bicyclic) bond motifs is 1. The van der Waals surface area contributed by atoms with Gasteiger partial charge in [-0.25, -0.2) is 4.98 Å². The lowest BCUT2D eigenvalue weighted by atomic mass is 10.1. The predicted octanol–water partition coefficient (Wildman–Crippen LogP) is 7.46. The van der Waals surface area contributed by atoms with Crippen molar-refractivity contribution in [3.05, 3.63) is 106 Å². The number of nitro groups is 1. The number of halogens is 3. The summed E-state index contributed by atoms with van der Waals surface area (Å²) in [6.45, 7) is 4.12. The van der Waals surface area contributed by atoms with E-state index in [1.54, 1.807) is 36.5 Å². The van der Waals surface area contributed by atoms with Gasteiger partial charge in [-0.2, -0.15) is 9.78 Å². The molecule has 0 amide bonds. The van der Waals surface area contributed by atoms with E-state index in [1.807, 2.05) is 26.0 Å². The Kier molecular flexibility index (Phi) is 8.41. The van der Waals surface area contributed by atoms with Crippen LogP contribution in [0.25, 0.3) is 10.9 Å². The Morgan fingerprint density at radius 2 is 2.00 bits per heavy atom. The highest BCUT2D eigenvalue weighted by molar-refractivity contribution is 9.10. The Balaban J connectivity index is 1.64. The lowest BCUT2D eigenvalue weighted by Crippen LogP contribution is -2.23. The zero-order chi connectivity index (χ0) is 26.7. The van der Waals surface area contributed by atoms with Crippen LogP contribution >= 0.6 is 43.5 Å². The topological polar surface area (TPSA) is 99.6 Å². The van der Waals surface area contributed by atoms with Crippen LogP contribution in [-0.2, 0) is 6.61 Å². The first kappa shape index (κ1) is 27.0. The number of benzene rings is 3. The van der Waals surface area contributed by atoms with Crippen molar-refractivity contribution < 1.29 is 9.66 Å². The molecule has 0 fully saturated rings. The van der Waals surface area contributed by atoms with Crippen LogP contribution in [0.3, 0.4) is 0 Å². The molecular formula is C26H21Br2ClN4O4. The molecule has 11 heteroatoms. The van der Waals surface area contributed by atoms with Crippen molar-refractivity contribution in [1.82, 2.24) is 9.66 Å². The minimum absolute atomic E-state index is 0.0119. The van der Waals surface area contributed by atoms with Crippen molar-refractivity contribution in [3.63, 3.8) is 0 Å². The van der Waals surface area contributed by atoms with E-state index >= 15 is 0 Å². The highest BCUT2D eigenvalue weighted by Crippen LogP contribution is 2.35. The monoisotopic (exact) mass is 646 g/mol. The Morgan fingerprint density at radius 3 is 2.70 bits per heavy atom. The maximum Gasteiger partial charge on any atom is 0.282 e. The molecule has 0 spiro atoms. The van der Waals surface area contributed by atoms with Crippen molar-refractivity contribution in [2.24, 2.45) is 5.10 Å². The lowest BCUT2D eigenvalue weighted by Gasteiger charge is -2.14. The minimum Gasteiger partial charge on any atom is -0.486 e. The lowest BCUT2D eigenvalue weighted by molar-refractivity contribution is -0.384. The van der Waals surface area contributed by atoms with Gasteiger partial charge < -0.3 is 4.74 Å². The van der Waals surface area contributed by atoms with Gasteiger partial charge in [0.15, 0.2) is 5.75 Å². The van der Waals surface area contributed by atoms with Gasteiger partial charge in [-0.3, -0.25) is 14.9 Å². The standard InChI is InChI=1S/C26H21Br2ClN4O4/c1-3-15(2)25-31-23-8-7-18(27)12-20(23)26(34)32(25)30-13-17-10-21(28)24(22(29)11-17)37-14-16-5-4-6-19(9-16)33(35)36/h4-13,15H,3,14H2,1-2H3/t15-/m1/s1. The molecule has 0 N–H and O–H groups in total. The second-order valence-corrected chi connectivity index (χ2v) is 10.5. The molecule has 0 aliphatic carbocycles. The van der Waals surface area contributed by atoms with Gasteiger partial charge in [-0.05, 0) is 63.8 Å². The average molecular weight is 649 g/mol. The molecule has 0 aliphatic heterocycles. The molecule has 37 heavy (non-hydrogen) atoms. The van der Waals surface area contributed by atoms with E-state index in [1.165, 1.54) is 16.8 Å². The number of hydrogen-bond acceptors (Lipinski definition) is 6. The van der Waals surface area contributed by atoms with Gasteiger partial charge in [0.05, 0.1) is 31.5 Å². The van der Waals surface area contributed by atoms with Crippen molar-refractivity contribution in [3.8, 4) is 5.75 Å². The molecule has 8 nitrogen and oxygen atoms in total. The first-order chi connectivity index (χ1) is 17.7. The number of ether oxygens (including phenoxy) is 1. The van der Waals surface area contributed by atoms with Crippen LogP contribution in [0.5, 0.6) is 5.75 Å². The summed E-state index contributed by atoms with van der Waals surface area (Å²) in [7, 11) is 0. The zero-order valence-corrected chi connectivity index (χ0v) is 23.7. The van der Waals surface area contributed by atoms with Crippen LogP contribution < -0.4 is 10.3 Å². The molecule has 4 aromatic rings. The van der Waals surface area contributed by atoms with Crippen LogP contribution in [0, 0.1) is 10.1 Å². The molecule has 190 valence electrons. The largest absolute Gasteiger partial charge is 0.486 e. The maximum atomic E-state index is 13.3. The molecule has 1 heterocycles. The summed E-state index contributed by atoms with van der Waals surface area (Å²) in [6.07, 6.45) is 2.33. The summed E-state index contributed by atoms with van der Waals surface area (Å²) in [5, 5.41) is 16.3. The number of aromatic nitrogens is 2. The normalized spacial score (nSPS) is 12.2. The summed E-state index contributed by atoms with van der Waals surface area (Å²) in [5.41, 5.74) is 1.61. The number of nitro benzene ring substituents is 1. The van der Waals surface area contributed by atoms with Crippen LogP contribution in [0.4, 0.5) is 5.69 Å². The number of rotatable bonds is 8. The van der Waals surface area contributed by atoms with Gasteiger partial charge in [-0.15, -0.1) is 0 Å². The van der Waals surface area contributed by atoms with Gasteiger partial charge in [0.25, 0.3) is 11.2 Å². The van der Waals surface area contributed by atoms with E-state index in [-0.39, 0.29) is 23.8 Å². The predicted molar refractivity (Wildman–Crippen MR) is 152 cm³/mol. The average Bonchev–Trinajstić information content (AvgIpc) is 2.87. The van der Waals surface area contributed by atoms with Gasteiger partial charge in [0, 0.05) is 22.5 Å². The SMILES string of the molecule is CC[C@@H](C)c1nc2ccc(Br)cc2c(=O)n1N=Cc1cc(Cl)c(OCc2cccc([N+](=O)[O-])c2)c(Br)c1. The van der Waals surface area contributed by atoms with Crippen molar-refractivity contribution >= 4 is 66.3 Å². The molecule has 1 atom stereocenters. The molecule has 1 aromatic heterocycles. The third kappa shape index (κ3) is 6.08. The van der Waals surface area contributed by atoms with E-state index in [2.05, 4.69) is 37.0 Å². The van der Waals surface area contributed by atoms with Gasteiger partial charge >= 0.3 is 0 Å². The molecule has 4 rings (SSSR count). The molecule has 0 aliphatic rings. The van der Waals surface area contributed by atoms with Crippen molar-refractivity contribution in [2.75, 3.05) is 0 Å². The first-order valence-corrected chi connectivity index (χ1v) is 13.3. The first-order valence-electron chi connectivity index (χ1n) is 11.3. The molecule has 3 aromatic carbocycles. The highest BCUT2D eigenvalue weighted by Gasteiger charge is 2.16. The summed E-state index contributed by atoms with van der Waals surface area (Å²) in [6, 6.07) is 15.0. The smallest absolute Gasteiger partial charge is 0.282 e. The second-order valence-electron chi connectivity index (χ2n) is 8.33. The Labute approximate surface area is 234 Å². The van der Waals surface area contributed by atoms with Crippen LogP contribution in [0.2, 0.25) is 5.02 Å². The maximum absolute atomic E-state index is 13.3. The van der Waals surface area contributed by atoms with Crippen LogP contribution in [0.15, 0.2) is 73.4 Å². The molecular weight excluding hydrogens is 628 g/mol. The Morgan fingerprint density at radius 1 is 1.22 bits per heavy atom.